The van der Waals surface area contributed by atoms with E-state index in [9.17, 15) is 0 Å². The fourth-order valence-electron chi connectivity index (χ4n) is 3.39. The highest BCUT2D eigenvalue weighted by atomic mass is 15.1. The zero-order chi connectivity index (χ0) is 17.0. The van der Waals surface area contributed by atoms with Crippen LogP contribution in [0.2, 0.25) is 0 Å². The van der Waals surface area contributed by atoms with Crippen LogP contribution < -0.4 is 9.80 Å². The van der Waals surface area contributed by atoms with Crippen molar-refractivity contribution in [1.29, 1.82) is 0 Å². The zero-order valence-corrected chi connectivity index (χ0v) is 15.4. The summed E-state index contributed by atoms with van der Waals surface area (Å²) < 4.78 is 0. The van der Waals surface area contributed by atoms with Crippen molar-refractivity contribution in [3.05, 3.63) is 59.7 Å². The second kappa shape index (κ2) is 7.08. The molecular weight excluding hydrogens is 280 g/mol. The van der Waals surface area contributed by atoms with Gasteiger partial charge in [-0.1, -0.05) is 38.1 Å². The van der Waals surface area contributed by atoms with E-state index in [1.807, 2.05) is 0 Å². The number of nitrogens with zero attached hydrogens (tertiary/aromatic N) is 2. The highest BCUT2D eigenvalue weighted by Crippen LogP contribution is 2.39. The number of rotatable bonds is 6. The van der Waals surface area contributed by atoms with E-state index in [-0.39, 0.29) is 5.41 Å². The maximum Gasteiger partial charge on any atom is 0.0361 e. The van der Waals surface area contributed by atoms with Gasteiger partial charge in [-0.3, -0.25) is 0 Å². The van der Waals surface area contributed by atoms with Crippen LogP contribution in [0, 0.1) is 0 Å². The third-order valence-electron chi connectivity index (χ3n) is 5.08. The fraction of sp³-hybridized carbons (Fsp3) is 0.429. The molecule has 0 spiro atoms. The minimum Gasteiger partial charge on any atom is -0.378 e. The molecule has 2 nitrogen and oxygen atoms in total. The molecule has 0 amide bonds. The van der Waals surface area contributed by atoms with Gasteiger partial charge in [0.15, 0.2) is 0 Å². The summed E-state index contributed by atoms with van der Waals surface area (Å²) in [5.41, 5.74) is 5.41. The van der Waals surface area contributed by atoms with Crippen molar-refractivity contribution in [3.63, 3.8) is 0 Å². The molecule has 0 heterocycles. The van der Waals surface area contributed by atoms with Crippen molar-refractivity contribution in [3.8, 4) is 0 Å². The second-order valence-corrected chi connectivity index (χ2v) is 6.67. The smallest absolute Gasteiger partial charge is 0.0361 e. The minimum absolute atomic E-state index is 0.0929. The lowest BCUT2D eigenvalue weighted by atomic mass is 9.70. The van der Waals surface area contributed by atoms with Crippen LogP contribution in [0.15, 0.2) is 48.5 Å². The second-order valence-electron chi connectivity index (χ2n) is 6.67. The summed E-state index contributed by atoms with van der Waals surface area (Å²) in [6.45, 7) is 4.59. The molecule has 0 atom stereocenters. The van der Waals surface area contributed by atoms with Gasteiger partial charge in [-0.25, -0.2) is 0 Å². The number of benzene rings is 2. The van der Waals surface area contributed by atoms with Crippen LogP contribution in [0.25, 0.3) is 0 Å². The van der Waals surface area contributed by atoms with Crippen LogP contribution in [-0.4, -0.2) is 28.2 Å². The molecule has 23 heavy (non-hydrogen) atoms. The SMILES string of the molecule is CCC(CC)(c1ccc(N(C)C)cc1)c1ccc(N(C)C)cc1. The van der Waals surface area contributed by atoms with Crippen molar-refractivity contribution in [2.24, 2.45) is 0 Å². The molecule has 0 fully saturated rings. The van der Waals surface area contributed by atoms with Gasteiger partial charge >= 0.3 is 0 Å². The third-order valence-corrected chi connectivity index (χ3v) is 5.08. The fourth-order valence-corrected chi connectivity index (χ4v) is 3.39. The Labute approximate surface area is 141 Å². The van der Waals surface area contributed by atoms with Crippen LogP contribution in [-0.2, 0) is 5.41 Å². The van der Waals surface area contributed by atoms with Crippen molar-refractivity contribution in [2.45, 2.75) is 32.1 Å². The van der Waals surface area contributed by atoms with E-state index >= 15 is 0 Å². The van der Waals surface area contributed by atoms with Crippen molar-refractivity contribution < 1.29 is 0 Å². The normalized spacial score (nSPS) is 11.4. The van der Waals surface area contributed by atoms with E-state index in [1.165, 1.54) is 22.5 Å². The molecule has 0 N–H and O–H groups in total. The average Bonchev–Trinajstić information content (AvgIpc) is 2.57. The Morgan fingerprint density at radius 2 is 0.913 bits per heavy atom. The van der Waals surface area contributed by atoms with Crippen molar-refractivity contribution in [2.75, 3.05) is 38.0 Å². The van der Waals surface area contributed by atoms with Crippen molar-refractivity contribution >= 4 is 11.4 Å². The lowest BCUT2D eigenvalue weighted by molar-refractivity contribution is 0.478. The van der Waals surface area contributed by atoms with Gasteiger partial charge in [0.2, 0.25) is 0 Å². The third kappa shape index (κ3) is 3.36. The van der Waals surface area contributed by atoms with Crippen LogP contribution >= 0.6 is 0 Å². The lowest BCUT2D eigenvalue weighted by Gasteiger charge is -2.34. The maximum absolute atomic E-state index is 2.29. The molecule has 0 aliphatic rings. The largest absolute Gasteiger partial charge is 0.378 e. The summed E-state index contributed by atoms with van der Waals surface area (Å²) in [6, 6.07) is 18.1. The van der Waals surface area contributed by atoms with Gasteiger partial charge in [-0.05, 0) is 48.2 Å². The summed E-state index contributed by atoms with van der Waals surface area (Å²) in [7, 11) is 8.34. The summed E-state index contributed by atoms with van der Waals surface area (Å²) in [5.74, 6) is 0. The van der Waals surface area contributed by atoms with Gasteiger partial charge in [0, 0.05) is 45.0 Å². The molecule has 0 bridgehead atoms. The lowest BCUT2D eigenvalue weighted by Crippen LogP contribution is -2.26. The predicted molar refractivity (Wildman–Crippen MR) is 103 cm³/mol. The molecule has 2 aromatic carbocycles. The van der Waals surface area contributed by atoms with Crippen LogP contribution in [0.1, 0.15) is 37.8 Å². The van der Waals surface area contributed by atoms with E-state index in [1.54, 1.807) is 0 Å². The molecule has 2 heteroatoms. The summed E-state index contributed by atoms with van der Waals surface area (Å²) in [6.07, 6.45) is 2.21. The van der Waals surface area contributed by atoms with Gasteiger partial charge in [0.05, 0.1) is 0 Å². The molecular formula is C21H30N2. The number of hydrogen-bond donors (Lipinski definition) is 0. The Morgan fingerprint density at radius 3 is 1.13 bits per heavy atom. The highest BCUT2D eigenvalue weighted by molar-refractivity contribution is 5.52. The predicted octanol–water partition coefficient (Wildman–Crippen LogP) is 4.92. The van der Waals surface area contributed by atoms with E-state index in [0.29, 0.717) is 0 Å². The average molecular weight is 310 g/mol. The summed E-state index contributed by atoms with van der Waals surface area (Å²) in [5, 5.41) is 0. The quantitative estimate of drug-likeness (QED) is 0.747. The number of anilines is 2. The van der Waals surface area contributed by atoms with Gasteiger partial charge in [-0.15, -0.1) is 0 Å². The van der Waals surface area contributed by atoms with E-state index in [0.717, 1.165) is 12.8 Å². The minimum atomic E-state index is 0.0929. The Kier molecular flexibility index (Phi) is 5.35. The summed E-state index contributed by atoms with van der Waals surface area (Å²) >= 11 is 0. The van der Waals surface area contributed by atoms with Gasteiger partial charge < -0.3 is 9.80 Å². The monoisotopic (exact) mass is 310 g/mol. The first-order chi connectivity index (χ1) is 10.9. The van der Waals surface area contributed by atoms with Crippen LogP contribution in [0.4, 0.5) is 11.4 Å². The molecule has 2 aromatic rings. The van der Waals surface area contributed by atoms with E-state index in [4.69, 9.17) is 0 Å². The van der Waals surface area contributed by atoms with Crippen LogP contribution in [0.5, 0.6) is 0 Å². The van der Waals surface area contributed by atoms with E-state index in [2.05, 4.69) is 100 Å². The molecule has 0 aliphatic heterocycles. The molecule has 0 saturated carbocycles. The van der Waals surface area contributed by atoms with Gasteiger partial charge in [-0.2, -0.15) is 0 Å². The first-order valence-electron chi connectivity index (χ1n) is 8.50. The number of hydrogen-bond acceptors (Lipinski definition) is 2. The van der Waals surface area contributed by atoms with Crippen LogP contribution in [0.3, 0.4) is 0 Å². The highest BCUT2D eigenvalue weighted by Gasteiger charge is 2.30. The Morgan fingerprint density at radius 1 is 0.609 bits per heavy atom. The van der Waals surface area contributed by atoms with Crippen molar-refractivity contribution in [1.82, 2.24) is 0 Å². The molecule has 0 radical (unpaired) electrons. The first-order valence-corrected chi connectivity index (χ1v) is 8.50. The maximum atomic E-state index is 2.29. The standard InChI is InChI=1S/C21H30N2/c1-7-21(8-2,17-9-13-19(14-10-17)22(3)4)18-11-15-20(16-12-18)23(5)6/h9-16H,7-8H2,1-6H3. The van der Waals surface area contributed by atoms with Gasteiger partial charge in [0.1, 0.15) is 0 Å². The van der Waals surface area contributed by atoms with E-state index < -0.39 is 0 Å². The zero-order valence-electron chi connectivity index (χ0n) is 15.4. The Hall–Kier alpha value is -1.96. The molecule has 0 saturated heterocycles. The molecule has 0 aliphatic carbocycles. The molecule has 124 valence electrons. The Bertz CT molecular complexity index is 552. The van der Waals surface area contributed by atoms with Gasteiger partial charge in [0.25, 0.3) is 0 Å². The molecule has 2 rings (SSSR count). The first kappa shape index (κ1) is 17.4. The summed E-state index contributed by atoms with van der Waals surface area (Å²) in [4.78, 5) is 4.30. The Balaban J connectivity index is 2.45. The molecule has 0 unspecified atom stereocenters. The molecule has 0 aromatic heterocycles. The topological polar surface area (TPSA) is 6.48 Å².